The summed E-state index contributed by atoms with van der Waals surface area (Å²) in [7, 11) is 1.27. The van der Waals surface area contributed by atoms with E-state index >= 15 is 0 Å². The summed E-state index contributed by atoms with van der Waals surface area (Å²) in [5.74, 6) is -2.72. The summed E-state index contributed by atoms with van der Waals surface area (Å²) in [6.07, 6.45) is 2.33. The predicted octanol–water partition coefficient (Wildman–Crippen LogP) is 4.57. The second-order valence-electron chi connectivity index (χ2n) is 9.12. The minimum absolute atomic E-state index is 0.0748. The largest absolute Gasteiger partial charge is 0.488 e. The molecule has 0 bridgehead atoms. The summed E-state index contributed by atoms with van der Waals surface area (Å²) in [6.45, 7) is -2.54. The fraction of sp³-hybridized carbons (Fsp3) is 0.360. The van der Waals surface area contributed by atoms with Crippen LogP contribution < -0.4 is 14.8 Å². The fourth-order valence-corrected chi connectivity index (χ4v) is 4.71. The van der Waals surface area contributed by atoms with Gasteiger partial charge in [-0.1, -0.05) is 11.6 Å². The highest BCUT2D eigenvalue weighted by Gasteiger charge is 2.39. The number of hydrogen-bond acceptors (Lipinski definition) is 7. The number of carbonyl (C=O) groups is 2. The Labute approximate surface area is 229 Å². The van der Waals surface area contributed by atoms with E-state index in [1.54, 1.807) is 4.90 Å². The zero-order valence-corrected chi connectivity index (χ0v) is 21.6. The molecule has 2 aliphatic heterocycles. The van der Waals surface area contributed by atoms with Crippen molar-refractivity contribution in [1.29, 1.82) is 0 Å². The maximum absolute atomic E-state index is 13.8. The van der Waals surface area contributed by atoms with E-state index in [1.807, 2.05) is 0 Å². The first kappa shape index (κ1) is 27.5. The van der Waals surface area contributed by atoms with Crippen LogP contribution in [0.15, 0.2) is 30.6 Å². The summed E-state index contributed by atoms with van der Waals surface area (Å²) in [5, 5.41) is 5.53. The van der Waals surface area contributed by atoms with E-state index in [0.29, 0.717) is 24.1 Å². The molecule has 2 amide bonds. The van der Waals surface area contributed by atoms with Crippen LogP contribution in [-0.2, 0) is 11.3 Å². The van der Waals surface area contributed by atoms with Gasteiger partial charge in [-0.25, -0.2) is 23.2 Å². The highest BCUT2D eigenvalue weighted by molar-refractivity contribution is 6.30. The van der Waals surface area contributed by atoms with Gasteiger partial charge >= 0.3 is 12.6 Å². The number of hydrogen-bond donors (Lipinski definition) is 1. The molecule has 3 aromatic rings. The minimum atomic E-state index is -2.89. The number of ether oxygens (including phenoxy) is 3. The van der Waals surface area contributed by atoms with Crippen LogP contribution in [-0.4, -0.2) is 64.1 Å². The lowest BCUT2D eigenvalue weighted by molar-refractivity contribution is 0.0566. The van der Waals surface area contributed by atoms with Crippen LogP contribution >= 0.6 is 11.6 Å². The number of benzene rings is 1. The van der Waals surface area contributed by atoms with Crippen LogP contribution in [0.2, 0.25) is 5.02 Å². The Kier molecular flexibility index (Phi) is 7.70. The average molecular weight is 584 g/mol. The number of alkyl halides is 2. The number of rotatable bonds is 8. The van der Waals surface area contributed by atoms with Gasteiger partial charge in [0.2, 0.25) is 5.88 Å². The van der Waals surface area contributed by atoms with Gasteiger partial charge in [0.15, 0.2) is 0 Å². The van der Waals surface area contributed by atoms with E-state index in [4.69, 9.17) is 25.8 Å². The molecule has 0 spiro atoms. The van der Waals surface area contributed by atoms with Gasteiger partial charge < -0.3 is 24.4 Å². The molecule has 5 rings (SSSR count). The summed E-state index contributed by atoms with van der Waals surface area (Å²) in [6, 6.07) is 3.14. The van der Waals surface area contributed by atoms with Crippen LogP contribution in [0.1, 0.15) is 35.3 Å². The quantitative estimate of drug-likeness (QED) is 0.306. The Balaban J connectivity index is 1.45. The average Bonchev–Trinajstić information content (AvgIpc) is 3.57. The van der Waals surface area contributed by atoms with E-state index in [-0.39, 0.29) is 53.2 Å². The molecule has 2 saturated heterocycles. The smallest absolute Gasteiger partial charge is 0.410 e. The number of amides is 2. The van der Waals surface area contributed by atoms with Crippen molar-refractivity contribution in [3.8, 4) is 22.9 Å². The third kappa shape index (κ3) is 5.48. The predicted molar refractivity (Wildman–Crippen MR) is 131 cm³/mol. The summed E-state index contributed by atoms with van der Waals surface area (Å²) in [4.78, 5) is 31.0. The molecule has 2 atom stereocenters. The topological polar surface area (TPSA) is 108 Å². The van der Waals surface area contributed by atoms with Crippen LogP contribution in [0.25, 0.3) is 11.3 Å². The van der Waals surface area contributed by atoms with Crippen molar-refractivity contribution in [2.45, 2.75) is 38.1 Å². The van der Waals surface area contributed by atoms with E-state index < -0.39 is 41.3 Å². The molecule has 0 aliphatic carbocycles. The zero-order valence-electron chi connectivity index (χ0n) is 20.9. The van der Waals surface area contributed by atoms with Gasteiger partial charge in [0.25, 0.3) is 5.91 Å². The van der Waals surface area contributed by atoms with E-state index in [0.717, 1.165) is 18.3 Å². The molecule has 1 aromatic carbocycles. The van der Waals surface area contributed by atoms with Crippen molar-refractivity contribution >= 4 is 23.6 Å². The molecular formula is C25H22ClF4N5O5. The van der Waals surface area contributed by atoms with Crippen LogP contribution in [0.3, 0.4) is 0 Å². The van der Waals surface area contributed by atoms with E-state index in [9.17, 15) is 27.2 Å². The highest BCUT2D eigenvalue weighted by Crippen LogP contribution is 2.36. The summed E-state index contributed by atoms with van der Waals surface area (Å²) in [5.41, 5.74) is 0.328. The number of halogens is 5. The molecule has 1 N–H and O–H groups in total. The molecular weight excluding hydrogens is 562 g/mol. The van der Waals surface area contributed by atoms with Gasteiger partial charge in [0.1, 0.15) is 46.4 Å². The van der Waals surface area contributed by atoms with Crippen molar-refractivity contribution in [2.24, 2.45) is 0 Å². The standard InChI is InChI=1S/C25H22ClF4N5O5/c1-38-23-16(22(36)31-8-12-4-17(27)20(26)18(28)5-12)7-19(21(33-23)13-9-32-35(10-13)24(29)30)40-15-2-3-34-14(6-15)11-39-25(34)37/h4-5,7,9-10,14-15,24H,2-3,6,8,11H2,1H3,(H,31,36)/t14-,15-/m0/s1. The molecule has 10 nitrogen and oxygen atoms in total. The molecule has 212 valence electrons. The molecule has 4 heterocycles. The van der Waals surface area contributed by atoms with Crippen LogP contribution in [0.4, 0.5) is 22.4 Å². The second-order valence-corrected chi connectivity index (χ2v) is 9.50. The van der Waals surface area contributed by atoms with Gasteiger partial charge in [0, 0.05) is 43.8 Å². The molecule has 2 aromatic heterocycles. The van der Waals surface area contributed by atoms with Gasteiger partial charge in [-0.05, 0) is 17.7 Å². The summed E-state index contributed by atoms with van der Waals surface area (Å²) >= 11 is 5.52. The number of cyclic esters (lactones) is 1. The van der Waals surface area contributed by atoms with Gasteiger partial charge in [0.05, 0.1) is 19.3 Å². The lowest BCUT2D eigenvalue weighted by Crippen LogP contribution is -2.44. The number of methoxy groups -OCH3 is 1. The first-order valence-electron chi connectivity index (χ1n) is 12.1. The molecule has 40 heavy (non-hydrogen) atoms. The monoisotopic (exact) mass is 583 g/mol. The van der Waals surface area contributed by atoms with E-state index in [2.05, 4.69) is 15.4 Å². The van der Waals surface area contributed by atoms with Crippen molar-refractivity contribution in [1.82, 2.24) is 25.0 Å². The second kappa shape index (κ2) is 11.2. The number of pyridine rings is 1. The van der Waals surface area contributed by atoms with Crippen LogP contribution in [0.5, 0.6) is 11.6 Å². The normalized spacial score (nSPS) is 18.5. The van der Waals surface area contributed by atoms with Crippen LogP contribution in [0, 0.1) is 11.6 Å². The fourth-order valence-electron chi connectivity index (χ4n) is 4.60. The highest BCUT2D eigenvalue weighted by atomic mass is 35.5. The Morgan fingerprint density at radius 3 is 2.70 bits per heavy atom. The Hall–Kier alpha value is -4.07. The molecule has 0 unspecified atom stereocenters. The Morgan fingerprint density at radius 1 is 1.27 bits per heavy atom. The number of piperidine rings is 1. The Morgan fingerprint density at radius 2 is 2.02 bits per heavy atom. The third-order valence-electron chi connectivity index (χ3n) is 6.56. The van der Waals surface area contributed by atoms with Gasteiger partial charge in [-0.3, -0.25) is 4.79 Å². The van der Waals surface area contributed by atoms with Gasteiger partial charge in [-0.15, -0.1) is 0 Å². The first-order valence-corrected chi connectivity index (χ1v) is 12.5. The van der Waals surface area contributed by atoms with Crippen molar-refractivity contribution in [2.75, 3.05) is 20.3 Å². The SMILES string of the molecule is COc1nc(-c2cnn(C(F)F)c2)c(O[C@H]2CCN3C(=O)OC[C@@H]3C2)cc1C(=O)NCc1cc(F)c(Cl)c(F)c1. The lowest BCUT2D eigenvalue weighted by Gasteiger charge is -2.32. The maximum atomic E-state index is 13.8. The first-order chi connectivity index (χ1) is 19.1. The molecule has 2 aliphatic rings. The lowest BCUT2D eigenvalue weighted by atomic mass is 10.0. The van der Waals surface area contributed by atoms with E-state index in [1.165, 1.54) is 19.4 Å². The number of carbonyl (C=O) groups excluding carboxylic acids is 2. The number of nitrogens with zero attached hydrogens (tertiary/aromatic N) is 4. The van der Waals surface area contributed by atoms with Crippen molar-refractivity contribution < 1.29 is 41.4 Å². The Bertz CT molecular complexity index is 1430. The minimum Gasteiger partial charge on any atom is -0.488 e. The maximum Gasteiger partial charge on any atom is 0.410 e. The van der Waals surface area contributed by atoms with Crippen molar-refractivity contribution in [3.05, 3.63) is 58.4 Å². The zero-order chi connectivity index (χ0) is 28.6. The number of nitrogens with one attached hydrogen (secondary N) is 1. The number of aromatic nitrogens is 3. The molecule has 0 radical (unpaired) electrons. The molecule has 0 saturated carbocycles. The summed E-state index contributed by atoms with van der Waals surface area (Å²) < 4.78 is 71.1. The van der Waals surface area contributed by atoms with Crippen molar-refractivity contribution in [3.63, 3.8) is 0 Å². The molecule has 15 heteroatoms. The molecule has 2 fully saturated rings. The van der Waals surface area contributed by atoms with Gasteiger partial charge in [-0.2, -0.15) is 13.9 Å². The number of fused-ring (bicyclic) bond motifs is 1. The third-order valence-corrected chi connectivity index (χ3v) is 6.92.